The molecule has 2 N–H and O–H groups in total. The highest BCUT2D eigenvalue weighted by Crippen LogP contribution is 2.11. The van der Waals surface area contributed by atoms with Crippen LogP contribution in [-0.4, -0.2) is 22.6 Å². The molecule has 2 aromatic carbocycles. The van der Waals surface area contributed by atoms with Crippen LogP contribution in [-0.2, 0) is 13.0 Å². The van der Waals surface area contributed by atoms with Crippen molar-refractivity contribution in [2.75, 3.05) is 11.9 Å². The second kappa shape index (κ2) is 9.09. The van der Waals surface area contributed by atoms with Gasteiger partial charge in [0.15, 0.2) is 5.69 Å². The van der Waals surface area contributed by atoms with Crippen LogP contribution in [0.15, 0.2) is 60.7 Å². The maximum Gasteiger partial charge on any atom is 0.271 e. The first-order valence-corrected chi connectivity index (χ1v) is 8.82. The standard InChI is InChI=1S/C20H18ClFN4O/c21-16-5-1-15(2-6-16)13-24-19-10-9-18(25-26-19)20(27)23-12-11-14-3-7-17(22)8-4-14/h1-10H,11-13H2,(H,23,27)(H,24,26). The lowest BCUT2D eigenvalue weighted by atomic mass is 10.1. The van der Waals surface area contributed by atoms with Gasteiger partial charge in [0, 0.05) is 18.1 Å². The molecule has 0 aliphatic carbocycles. The van der Waals surface area contributed by atoms with E-state index in [1.165, 1.54) is 12.1 Å². The van der Waals surface area contributed by atoms with Gasteiger partial charge in [-0.3, -0.25) is 4.79 Å². The minimum Gasteiger partial charge on any atom is -0.365 e. The van der Waals surface area contributed by atoms with Crippen LogP contribution in [0.5, 0.6) is 0 Å². The molecule has 1 heterocycles. The summed E-state index contributed by atoms with van der Waals surface area (Å²) in [6.45, 7) is 1.01. The van der Waals surface area contributed by atoms with Crippen LogP contribution in [0.3, 0.4) is 0 Å². The Hall–Kier alpha value is -2.99. The summed E-state index contributed by atoms with van der Waals surface area (Å²) in [7, 11) is 0. The SMILES string of the molecule is O=C(NCCc1ccc(F)cc1)c1ccc(NCc2ccc(Cl)cc2)nn1. The molecule has 0 fully saturated rings. The van der Waals surface area contributed by atoms with Crippen LogP contribution in [0, 0.1) is 5.82 Å². The van der Waals surface area contributed by atoms with E-state index in [1.807, 2.05) is 24.3 Å². The van der Waals surface area contributed by atoms with Crippen molar-refractivity contribution in [2.24, 2.45) is 0 Å². The third kappa shape index (κ3) is 5.76. The van der Waals surface area contributed by atoms with Gasteiger partial charge in [0.05, 0.1) is 0 Å². The molecule has 0 atom stereocenters. The van der Waals surface area contributed by atoms with E-state index < -0.39 is 0 Å². The fourth-order valence-electron chi connectivity index (χ4n) is 2.40. The van der Waals surface area contributed by atoms with Gasteiger partial charge in [0.25, 0.3) is 5.91 Å². The number of rotatable bonds is 7. The van der Waals surface area contributed by atoms with Gasteiger partial charge in [-0.25, -0.2) is 4.39 Å². The molecule has 3 aromatic rings. The first-order valence-electron chi connectivity index (χ1n) is 8.45. The Kier molecular flexibility index (Phi) is 6.33. The van der Waals surface area contributed by atoms with Crippen molar-refractivity contribution in [1.29, 1.82) is 0 Å². The summed E-state index contributed by atoms with van der Waals surface area (Å²) < 4.78 is 12.9. The van der Waals surface area contributed by atoms with Crippen molar-refractivity contribution in [1.82, 2.24) is 15.5 Å². The Bertz CT molecular complexity index is 883. The minimum atomic E-state index is -0.297. The third-order valence-corrected chi connectivity index (χ3v) is 4.15. The summed E-state index contributed by atoms with van der Waals surface area (Å²) in [6, 6.07) is 17.0. The lowest BCUT2D eigenvalue weighted by Gasteiger charge is -2.07. The molecule has 7 heteroatoms. The average Bonchev–Trinajstić information content (AvgIpc) is 2.69. The normalized spacial score (nSPS) is 10.4. The Labute approximate surface area is 161 Å². The maximum atomic E-state index is 12.9. The molecule has 138 valence electrons. The number of nitrogens with zero attached hydrogens (tertiary/aromatic N) is 2. The van der Waals surface area contributed by atoms with Crippen molar-refractivity contribution >= 4 is 23.3 Å². The number of benzene rings is 2. The summed E-state index contributed by atoms with van der Waals surface area (Å²) in [6.07, 6.45) is 0.611. The molecule has 0 aliphatic heterocycles. The highest BCUT2D eigenvalue weighted by Gasteiger charge is 2.08. The second-order valence-corrected chi connectivity index (χ2v) is 6.35. The van der Waals surface area contributed by atoms with Crippen LogP contribution in [0.25, 0.3) is 0 Å². The number of hydrogen-bond acceptors (Lipinski definition) is 4. The molecule has 1 aromatic heterocycles. The van der Waals surface area contributed by atoms with Gasteiger partial charge in [-0.2, -0.15) is 0 Å². The van der Waals surface area contributed by atoms with Crippen LogP contribution < -0.4 is 10.6 Å². The quantitative estimate of drug-likeness (QED) is 0.649. The smallest absolute Gasteiger partial charge is 0.271 e. The Morgan fingerprint density at radius 1 is 0.926 bits per heavy atom. The number of aromatic nitrogens is 2. The molecule has 0 spiro atoms. The zero-order chi connectivity index (χ0) is 19.1. The van der Waals surface area contributed by atoms with Gasteiger partial charge < -0.3 is 10.6 Å². The number of hydrogen-bond donors (Lipinski definition) is 2. The van der Waals surface area contributed by atoms with Gasteiger partial charge >= 0.3 is 0 Å². The molecule has 0 saturated heterocycles. The molecule has 5 nitrogen and oxygen atoms in total. The fourth-order valence-corrected chi connectivity index (χ4v) is 2.53. The van der Waals surface area contributed by atoms with Gasteiger partial charge in [-0.05, 0) is 53.9 Å². The second-order valence-electron chi connectivity index (χ2n) is 5.92. The molecule has 27 heavy (non-hydrogen) atoms. The van der Waals surface area contributed by atoms with E-state index in [0.717, 1.165) is 11.1 Å². The average molecular weight is 385 g/mol. The molecule has 0 radical (unpaired) electrons. The maximum absolute atomic E-state index is 12.9. The Balaban J connectivity index is 1.46. The highest BCUT2D eigenvalue weighted by atomic mass is 35.5. The van der Waals surface area contributed by atoms with Crippen LogP contribution in [0.1, 0.15) is 21.6 Å². The largest absolute Gasteiger partial charge is 0.365 e. The van der Waals surface area contributed by atoms with Crippen molar-refractivity contribution in [3.05, 3.63) is 88.3 Å². The molecule has 0 bridgehead atoms. The number of nitrogens with one attached hydrogen (secondary N) is 2. The molecule has 0 unspecified atom stereocenters. The lowest BCUT2D eigenvalue weighted by Crippen LogP contribution is -2.26. The zero-order valence-electron chi connectivity index (χ0n) is 14.5. The number of anilines is 1. The third-order valence-electron chi connectivity index (χ3n) is 3.90. The predicted molar refractivity (Wildman–Crippen MR) is 103 cm³/mol. The topological polar surface area (TPSA) is 66.9 Å². The van der Waals surface area contributed by atoms with Crippen molar-refractivity contribution in [3.8, 4) is 0 Å². The number of amides is 1. The summed E-state index contributed by atoms with van der Waals surface area (Å²) in [5, 5.41) is 14.6. The van der Waals surface area contributed by atoms with Crippen molar-refractivity contribution in [3.63, 3.8) is 0 Å². The van der Waals surface area contributed by atoms with Gasteiger partial charge in [-0.1, -0.05) is 35.9 Å². The summed E-state index contributed by atoms with van der Waals surface area (Å²) in [4.78, 5) is 12.1. The van der Waals surface area contributed by atoms with E-state index in [4.69, 9.17) is 11.6 Å². The van der Waals surface area contributed by atoms with E-state index in [-0.39, 0.29) is 17.4 Å². The summed E-state index contributed by atoms with van der Waals surface area (Å²) in [5.41, 5.74) is 2.25. The Morgan fingerprint density at radius 2 is 1.63 bits per heavy atom. The number of halogens is 2. The van der Waals surface area contributed by atoms with E-state index in [2.05, 4.69) is 20.8 Å². The number of carbonyl (C=O) groups is 1. The summed E-state index contributed by atoms with van der Waals surface area (Å²) >= 11 is 5.86. The van der Waals surface area contributed by atoms with Crippen molar-refractivity contribution in [2.45, 2.75) is 13.0 Å². The van der Waals surface area contributed by atoms with Crippen molar-refractivity contribution < 1.29 is 9.18 Å². The molecule has 3 rings (SSSR count). The lowest BCUT2D eigenvalue weighted by molar-refractivity contribution is 0.0948. The van der Waals surface area contributed by atoms with Gasteiger partial charge in [-0.15, -0.1) is 10.2 Å². The van der Waals surface area contributed by atoms with E-state index in [0.29, 0.717) is 30.4 Å². The van der Waals surface area contributed by atoms with Gasteiger partial charge in [0.1, 0.15) is 11.6 Å². The van der Waals surface area contributed by atoms with Crippen LogP contribution >= 0.6 is 11.6 Å². The van der Waals surface area contributed by atoms with E-state index >= 15 is 0 Å². The number of carbonyl (C=O) groups excluding carboxylic acids is 1. The molecular weight excluding hydrogens is 367 g/mol. The molecule has 0 aliphatic rings. The Morgan fingerprint density at radius 3 is 2.30 bits per heavy atom. The molecular formula is C20H18ClFN4O. The van der Waals surface area contributed by atoms with E-state index in [1.54, 1.807) is 24.3 Å². The van der Waals surface area contributed by atoms with E-state index in [9.17, 15) is 9.18 Å². The first kappa shape index (κ1) is 18.8. The zero-order valence-corrected chi connectivity index (χ0v) is 15.2. The van der Waals surface area contributed by atoms with Crippen LogP contribution in [0.4, 0.5) is 10.2 Å². The minimum absolute atomic E-state index is 0.242. The monoisotopic (exact) mass is 384 g/mol. The predicted octanol–water partition coefficient (Wildman–Crippen LogP) is 3.85. The molecule has 1 amide bonds. The molecule has 0 saturated carbocycles. The highest BCUT2D eigenvalue weighted by molar-refractivity contribution is 6.30. The van der Waals surface area contributed by atoms with Crippen LogP contribution in [0.2, 0.25) is 5.02 Å². The summed E-state index contributed by atoms with van der Waals surface area (Å²) in [5.74, 6) is 0.00416. The van der Waals surface area contributed by atoms with Gasteiger partial charge in [0.2, 0.25) is 0 Å². The first-order chi connectivity index (χ1) is 13.1. The fraction of sp³-hybridized carbons (Fsp3) is 0.150.